The van der Waals surface area contributed by atoms with E-state index in [1.54, 1.807) is 19.1 Å². The lowest BCUT2D eigenvalue weighted by atomic mass is 9.56. The van der Waals surface area contributed by atoms with Gasteiger partial charge in [0.1, 0.15) is 5.75 Å². The molecule has 1 saturated carbocycles. The zero-order valence-electron chi connectivity index (χ0n) is 20.9. The number of phenols is 1. The quantitative estimate of drug-likeness (QED) is 0.354. The summed E-state index contributed by atoms with van der Waals surface area (Å²) in [5, 5.41) is 10.2. The van der Waals surface area contributed by atoms with Crippen LogP contribution < -0.4 is 0 Å². The van der Waals surface area contributed by atoms with Crippen molar-refractivity contribution in [2.24, 2.45) is 17.8 Å². The third-order valence-electron chi connectivity index (χ3n) is 8.84. The third kappa shape index (κ3) is 3.15. The molecule has 1 N–H and O–H groups in total. The third-order valence-corrected chi connectivity index (χ3v) is 10.3. The van der Waals surface area contributed by atoms with Crippen LogP contribution in [0.15, 0.2) is 60.2 Å². The van der Waals surface area contributed by atoms with E-state index in [0.29, 0.717) is 17.5 Å². The molecule has 0 bridgehead atoms. The van der Waals surface area contributed by atoms with Crippen molar-refractivity contribution in [3.63, 3.8) is 0 Å². The van der Waals surface area contributed by atoms with Crippen LogP contribution in [0.2, 0.25) is 0 Å². The number of amides is 4. The van der Waals surface area contributed by atoms with Gasteiger partial charge in [0.15, 0.2) is 9.75 Å². The number of halogens is 2. The number of imide groups is 2. The molecule has 6 unspecified atom stereocenters. The van der Waals surface area contributed by atoms with E-state index in [9.17, 15) is 24.3 Å². The molecule has 2 aliphatic heterocycles. The van der Waals surface area contributed by atoms with Gasteiger partial charge in [-0.25, -0.2) is 0 Å². The van der Waals surface area contributed by atoms with E-state index in [2.05, 4.69) is 0 Å². The second-order valence-electron chi connectivity index (χ2n) is 10.8. The van der Waals surface area contributed by atoms with E-state index in [0.717, 1.165) is 16.0 Å². The topological polar surface area (TPSA) is 95.0 Å². The molecule has 9 heteroatoms. The molecule has 196 valence electrons. The Morgan fingerprint density at radius 2 is 1.68 bits per heavy atom. The molecule has 2 heterocycles. The first-order valence-electron chi connectivity index (χ1n) is 12.6. The Balaban J connectivity index is 1.48. The van der Waals surface area contributed by atoms with Gasteiger partial charge in [-0.3, -0.25) is 29.0 Å². The molecule has 0 aromatic heterocycles. The molecule has 2 aromatic carbocycles. The monoisotopic (exact) mass is 552 g/mol. The fraction of sp³-hybridized carbons (Fsp3) is 0.379. The summed E-state index contributed by atoms with van der Waals surface area (Å²) >= 11 is 14.3. The Morgan fingerprint density at radius 1 is 0.974 bits per heavy atom. The maximum absolute atomic E-state index is 13.8. The Morgan fingerprint density at radius 3 is 2.37 bits per heavy atom. The number of hydrogen-bond acceptors (Lipinski definition) is 5. The number of nitrogens with zero attached hydrogens (tertiary/aromatic N) is 2. The molecule has 2 saturated heterocycles. The summed E-state index contributed by atoms with van der Waals surface area (Å²) in [4.78, 5) is 53.0. The van der Waals surface area contributed by atoms with Gasteiger partial charge < -0.3 is 5.11 Å². The molecule has 38 heavy (non-hydrogen) atoms. The second kappa shape index (κ2) is 8.42. The number of aromatic hydroxyl groups is 1. The summed E-state index contributed by atoms with van der Waals surface area (Å²) in [5.41, 5.74) is 2.77. The van der Waals surface area contributed by atoms with Crippen molar-refractivity contribution < 1.29 is 24.3 Å². The SMILES string of the molecule is Cc1cc(C2C3=CCC4C(=O)N(Cc5ccccc5)C(=O)C4C3CC3(Cl)C(=O)N(C)C(=O)C23Cl)ccc1O. The number of carbonyl (C=O) groups is 4. The first-order valence-corrected chi connectivity index (χ1v) is 13.3. The van der Waals surface area contributed by atoms with Gasteiger partial charge in [0.05, 0.1) is 18.4 Å². The summed E-state index contributed by atoms with van der Waals surface area (Å²) < 4.78 is 0. The maximum atomic E-state index is 13.8. The molecule has 3 fully saturated rings. The number of benzene rings is 2. The lowest BCUT2D eigenvalue weighted by Crippen LogP contribution is -2.60. The minimum atomic E-state index is -1.83. The van der Waals surface area contributed by atoms with Crippen LogP contribution in [0.1, 0.15) is 35.4 Å². The Labute approximate surface area is 230 Å². The van der Waals surface area contributed by atoms with Crippen LogP contribution in [0.25, 0.3) is 0 Å². The Bertz CT molecular complexity index is 1440. The largest absolute Gasteiger partial charge is 0.508 e. The highest BCUT2D eigenvalue weighted by Gasteiger charge is 2.75. The molecule has 4 amide bonds. The van der Waals surface area contributed by atoms with Crippen molar-refractivity contribution in [3.05, 3.63) is 76.9 Å². The van der Waals surface area contributed by atoms with Gasteiger partial charge in [-0.05, 0) is 48.4 Å². The van der Waals surface area contributed by atoms with Gasteiger partial charge in [0.2, 0.25) is 11.8 Å². The molecule has 4 aliphatic rings. The summed E-state index contributed by atoms with van der Waals surface area (Å²) in [5.74, 6) is -4.34. The first kappa shape index (κ1) is 25.1. The van der Waals surface area contributed by atoms with Crippen molar-refractivity contribution in [3.8, 4) is 5.75 Å². The number of aryl methyl sites for hydroxylation is 1. The van der Waals surface area contributed by atoms with E-state index in [1.165, 1.54) is 18.0 Å². The number of carbonyl (C=O) groups excluding carboxylic acids is 4. The van der Waals surface area contributed by atoms with Crippen LogP contribution in [0.4, 0.5) is 0 Å². The van der Waals surface area contributed by atoms with Crippen molar-refractivity contribution in [1.82, 2.24) is 9.80 Å². The van der Waals surface area contributed by atoms with Gasteiger partial charge in [0, 0.05) is 13.0 Å². The summed E-state index contributed by atoms with van der Waals surface area (Å²) in [7, 11) is 1.36. The van der Waals surface area contributed by atoms with E-state index in [1.807, 2.05) is 36.4 Å². The molecular weight excluding hydrogens is 527 g/mol. The number of likely N-dealkylation sites (tertiary alicyclic amines) is 2. The van der Waals surface area contributed by atoms with Crippen molar-refractivity contribution in [1.29, 1.82) is 0 Å². The van der Waals surface area contributed by atoms with Crippen LogP contribution in [0.5, 0.6) is 5.75 Å². The van der Waals surface area contributed by atoms with Crippen LogP contribution >= 0.6 is 23.2 Å². The molecule has 2 aliphatic carbocycles. The average molecular weight is 553 g/mol. The molecule has 6 atom stereocenters. The maximum Gasteiger partial charge on any atom is 0.253 e. The van der Waals surface area contributed by atoms with Crippen LogP contribution in [-0.2, 0) is 25.7 Å². The van der Waals surface area contributed by atoms with Gasteiger partial charge in [-0.2, -0.15) is 0 Å². The minimum Gasteiger partial charge on any atom is -0.508 e. The van der Waals surface area contributed by atoms with Gasteiger partial charge in [0.25, 0.3) is 11.8 Å². The summed E-state index contributed by atoms with van der Waals surface area (Å²) in [6.07, 6.45) is 2.19. The molecule has 6 rings (SSSR count). The normalized spacial score (nSPS) is 34.3. The lowest BCUT2D eigenvalue weighted by molar-refractivity contribution is -0.141. The van der Waals surface area contributed by atoms with Crippen LogP contribution in [-0.4, -0.2) is 55.3 Å². The molecule has 0 spiro atoms. The number of rotatable bonds is 3. The highest BCUT2D eigenvalue weighted by atomic mass is 35.5. The molecule has 2 aromatic rings. The highest BCUT2D eigenvalue weighted by Crippen LogP contribution is 2.65. The molecular formula is C29H26Cl2N2O5. The number of allylic oxidation sites excluding steroid dienone is 2. The number of fused-ring (bicyclic) bond motifs is 4. The minimum absolute atomic E-state index is 0.0360. The number of phenolic OH excluding ortho intramolecular Hbond substituents is 1. The molecule has 7 nitrogen and oxygen atoms in total. The average Bonchev–Trinajstić information content (AvgIpc) is 3.21. The van der Waals surface area contributed by atoms with Crippen LogP contribution in [0.3, 0.4) is 0 Å². The summed E-state index contributed by atoms with van der Waals surface area (Å²) in [6, 6.07) is 14.2. The standard InChI is InChI=1S/C29H26Cl2N2O5/c1-15-12-17(8-11-21(15)34)23-18-9-10-19-22(25(36)33(24(19)35)14-16-6-4-3-5-7-16)20(18)13-28(30)26(37)32(2)27(38)29(23,28)31/h3-9,11-12,19-20,22-23,34H,10,13-14H2,1-2H3. The van der Waals surface area contributed by atoms with E-state index in [-0.39, 0.29) is 30.5 Å². The van der Waals surface area contributed by atoms with Crippen molar-refractivity contribution in [2.75, 3.05) is 7.05 Å². The fourth-order valence-electron chi connectivity index (χ4n) is 6.96. The Kier molecular flexibility index (Phi) is 5.57. The predicted octanol–water partition coefficient (Wildman–Crippen LogP) is 3.89. The van der Waals surface area contributed by atoms with E-state index >= 15 is 0 Å². The zero-order valence-corrected chi connectivity index (χ0v) is 22.4. The van der Waals surface area contributed by atoms with Gasteiger partial charge >= 0.3 is 0 Å². The number of alkyl halides is 2. The first-order chi connectivity index (χ1) is 18.0. The van der Waals surface area contributed by atoms with E-state index < -0.39 is 45.2 Å². The van der Waals surface area contributed by atoms with Gasteiger partial charge in [-0.15, -0.1) is 23.2 Å². The fourth-order valence-corrected chi connectivity index (χ4v) is 7.98. The summed E-state index contributed by atoms with van der Waals surface area (Å²) in [6.45, 7) is 1.90. The smallest absolute Gasteiger partial charge is 0.253 e. The van der Waals surface area contributed by atoms with Crippen LogP contribution in [0, 0.1) is 24.7 Å². The second-order valence-corrected chi connectivity index (χ2v) is 12.0. The highest BCUT2D eigenvalue weighted by molar-refractivity contribution is 6.53. The lowest BCUT2D eigenvalue weighted by Gasteiger charge is -2.50. The Hall–Kier alpha value is -3.16. The van der Waals surface area contributed by atoms with Crippen molar-refractivity contribution >= 4 is 46.8 Å². The zero-order chi connectivity index (χ0) is 27.1. The predicted molar refractivity (Wildman–Crippen MR) is 140 cm³/mol. The van der Waals surface area contributed by atoms with Crippen molar-refractivity contribution in [2.45, 2.75) is 42.0 Å². The van der Waals surface area contributed by atoms with Gasteiger partial charge in [-0.1, -0.05) is 54.1 Å². The number of hydrogen-bond donors (Lipinski definition) is 1. The van der Waals surface area contributed by atoms with E-state index in [4.69, 9.17) is 23.2 Å². The molecule has 0 radical (unpaired) electrons.